The summed E-state index contributed by atoms with van der Waals surface area (Å²) in [6, 6.07) is 5.86. The summed E-state index contributed by atoms with van der Waals surface area (Å²) in [5.74, 6) is -0.370. The zero-order valence-corrected chi connectivity index (χ0v) is 12.1. The largest absolute Gasteiger partial charge is 0.573 e. The highest BCUT2D eigenvalue weighted by atomic mass is 127. The Labute approximate surface area is 125 Å². The van der Waals surface area contributed by atoms with Gasteiger partial charge in [0.25, 0.3) is 0 Å². The van der Waals surface area contributed by atoms with Crippen LogP contribution in [-0.4, -0.2) is 18.4 Å². The highest BCUT2D eigenvalue weighted by Gasteiger charge is 2.42. The van der Waals surface area contributed by atoms with Crippen LogP contribution in [0.3, 0.4) is 0 Å². The Morgan fingerprint density at radius 2 is 1.89 bits per heavy atom. The number of aliphatic imine (C=N–C) groups is 1. The maximum atomic E-state index is 12.2. The molecular formula is C11H13F3IN3O. The number of nitrogens with two attached hydrogens (primary N) is 2. The van der Waals surface area contributed by atoms with Crippen molar-refractivity contribution in [3.05, 3.63) is 29.8 Å². The number of ether oxygens (including phenoxy) is 1. The highest BCUT2D eigenvalue weighted by Crippen LogP contribution is 2.47. The van der Waals surface area contributed by atoms with Crippen molar-refractivity contribution in [1.82, 2.24) is 0 Å². The van der Waals surface area contributed by atoms with E-state index in [9.17, 15) is 13.2 Å². The molecule has 0 saturated heterocycles. The summed E-state index contributed by atoms with van der Waals surface area (Å²) < 4.78 is 40.6. The van der Waals surface area contributed by atoms with Crippen LogP contribution in [0.25, 0.3) is 0 Å². The quantitative estimate of drug-likeness (QED) is 0.475. The van der Waals surface area contributed by atoms with Gasteiger partial charge in [-0.25, -0.2) is 4.99 Å². The summed E-state index contributed by atoms with van der Waals surface area (Å²) >= 11 is 0. The van der Waals surface area contributed by atoms with Gasteiger partial charge >= 0.3 is 6.36 Å². The van der Waals surface area contributed by atoms with Crippen molar-refractivity contribution in [3.8, 4) is 5.75 Å². The SMILES string of the molecule is I.NC(N)=NC1CC1c1ccccc1OC(F)(F)F. The molecule has 0 spiro atoms. The molecule has 2 atom stereocenters. The molecule has 8 heteroatoms. The molecule has 4 nitrogen and oxygen atoms in total. The number of nitrogens with zero attached hydrogens (tertiary/aromatic N) is 1. The third-order valence-electron chi connectivity index (χ3n) is 2.62. The van der Waals surface area contributed by atoms with Crippen LogP contribution in [0.2, 0.25) is 0 Å². The van der Waals surface area contributed by atoms with Crippen LogP contribution in [0.5, 0.6) is 5.75 Å². The number of rotatable bonds is 3. The predicted octanol–water partition coefficient (Wildman–Crippen LogP) is 2.33. The van der Waals surface area contributed by atoms with Crippen molar-refractivity contribution in [2.45, 2.75) is 24.7 Å². The average molecular weight is 387 g/mol. The Morgan fingerprint density at radius 1 is 1.26 bits per heavy atom. The van der Waals surface area contributed by atoms with Gasteiger partial charge in [-0.15, -0.1) is 37.1 Å². The van der Waals surface area contributed by atoms with E-state index >= 15 is 0 Å². The molecule has 1 aliphatic rings. The molecule has 0 aliphatic heterocycles. The van der Waals surface area contributed by atoms with Gasteiger partial charge in [-0.2, -0.15) is 0 Å². The summed E-state index contributed by atoms with van der Waals surface area (Å²) in [4.78, 5) is 3.92. The molecule has 1 fully saturated rings. The number of alkyl halides is 3. The van der Waals surface area contributed by atoms with Crippen LogP contribution in [0, 0.1) is 0 Å². The topological polar surface area (TPSA) is 73.6 Å². The highest BCUT2D eigenvalue weighted by molar-refractivity contribution is 14.0. The first-order valence-corrected chi connectivity index (χ1v) is 5.30. The minimum atomic E-state index is -4.70. The van der Waals surface area contributed by atoms with Crippen LogP contribution in [-0.2, 0) is 0 Å². The van der Waals surface area contributed by atoms with Gasteiger partial charge in [0.05, 0.1) is 6.04 Å². The van der Waals surface area contributed by atoms with Crippen LogP contribution < -0.4 is 16.2 Å². The molecule has 1 aromatic rings. The molecule has 0 aromatic heterocycles. The smallest absolute Gasteiger partial charge is 0.405 e. The van der Waals surface area contributed by atoms with E-state index in [1.165, 1.54) is 12.1 Å². The van der Waals surface area contributed by atoms with Gasteiger partial charge in [0, 0.05) is 5.92 Å². The number of hydrogen-bond donors (Lipinski definition) is 2. The molecule has 0 bridgehead atoms. The molecule has 2 unspecified atom stereocenters. The molecule has 0 amide bonds. The Balaban J connectivity index is 0.00000180. The lowest BCUT2D eigenvalue weighted by atomic mass is 10.1. The van der Waals surface area contributed by atoms with Crippen molar-refractivity contribution in [1.29, 1.82) is 0 Å². The predicted molar refractivity (Wildman–Crippen MR) is 75.5 cm³/mol. The summed E-state index contributed by atoms with van der Waals surface area (Å²) in [6.07, 6.45) is -4.08. The monoisotopic (exact) mass is 387 g/mol. The fourth-order valence-electron chi connectivity index (χ4n) is 1.85. The normalized spacial score (nSPS) is 21.2. The van der Waals surface area contributed by atoms with Crippen LogP contribution in [0.15, 0.2) is 29.3 Å². The van der Waals surface area contributed by atoms with E-state index in [1.807, 2.05) is 0 Å². The molecule has 4 N–H and O–H groups in total. The van der Waals surface area contributed by atoms with Crippen molar-refractivity contribution in [2.75, 3.05) is 0 Å². The van der Waals surface area contributed by atoms with Crippen LogP contribution in [0.4, 0.5) is 13.2 Å². The maximum absolute atomic E-state index is 12.2. The maximum Gasteiger partial charge on any atom is 0.573 e. The van der Waals surface area contributed by atoms with Crippen LogP contribution in [0.1, 0.15) is 17.9 Å². The van der Waals surface area contributed by atoms with Crippen LogP contribution >= 0.6 is 24.0 Å². The molecular weight excluding hydrogens is 374 g/mol. The molecule has 0 heterocycles. The number of guanidine groups is 1. The van der Waals surface area contributed by atoms with Crippen molar-refractivity contribution in [3.63, 3.8) is 0 Å². The fourth-order valence-corrected chi connectivity index (χ4v) is 1.85. The molecule has 0 radical (unpaired) electrons. The van der Waals surface area contributed by atoms with Gasteiger partial charge < -0.3 is 16.2 Å². The zero-order valence-electron chi connectivity index (χ0n) is 9.72. The summed E-state index contributed by atoms with van der Waals surface area (Å²) in [7, 11) is 0. The Morgan fingerprint density at radius 3 is 2.47 bits per heavy atom. The molecule has 106 valence electrons. The minimum Gasteiger partial charge on any atom is -0.405 e. The van der Waals surface area contributed by atoms with Gasteiger partial charge in [0.2, 0.25) is 0 Å². The first-order chi connectivity index (χ1) is 8.37. The minimum absolute atomic E-state index is 0. The van der Waals surface area contributed by atoms with Gasteiger partial charge in [0.1, 0.15) is 5.75 Å². The van der Waals surface area contributed by atoms with E-state index in [0.717, 1.165) is 0 Å². The Bertz CT molecular complexity index is 474. The lowest BCUT2D eigenvalue weighted by Gasteiger charge is -2.12. The number of hydrogen-bond acceptors (Lipinski definition) is 2. The number of halogens is 4. The molecule has 1 aliphatic carbocycles. The summed E-state index contributed by atoms with van der Waals surface area (Å²) in [6.45, 7) is 0. The lowest BCUT2D eigenvalue weighted by Crippen LogP contribution is -2.23. The Hall–Kier alpha value is -1.19. The van der Waals surface area contributed by atoms with E-state index < -0.39 is 6.36 Å². The summed E-state index contributed by atoms with van der Waals surface area (Å²) in [5.41, 5.74) is 10.9. The third-order valence-corrected chi connectivity index (χ3v) is 2.62. The van der Waals surface area contributed by atoms with E-state index in [1.54, 1.807) is 12.1 Å². The van der Waals surface area contributed by atoms with E-state index in [0.29, 0.717) is 12.0 Å². The second kappa shape index (κ2) is 5.85. The van der Waals surface area contributed by atoms with Gasteiger partial charge in [-0.1, -0.05) is 18.2 Å². The number of para-hydroxylation sites is 1. The van der Waals surface area contributed by atoms with Crippen molar-refractivity contribution >= 4 is 29.9 Å². The fraction of sp³-hybridized carbons (Fsp3) is 0.364. The zero-order chi connectivity index (χ0) is 13.3. The van der Waals surface area contributed by atoms with Gasteiger partial charge in [-0.05, 0) is 18.1 Å². The first kappa shape index (κ1) is 15.9. The third kappa shape index (κ3) is 4.44. The molecule has 1 aromatic carbocycles. The second-order valence-electron chi connectivity index (χ2n) is 4.05. The van der Waals surface area contributed by atoms with Gasteiger partial charge in [-0.3, -0.25) is 0 Å². The number of benzene rings is 1. The molecule has 1 saturated carbocycles. The average Bonchev–Trinajstić information content (AvgIpc) is 2.94. The van der Waals surface area contributed by atoms with E-state index in [2.05, 4.69) is 9.73 Å². The van der Waals surface area contributed by atoms with Crippen molar-refractivity contribution < 1.29 is 17.9 Å². The lowest BCUT2D eigenvalue weighted by molar-refractivity contribution is -0.274. The second-order valence-corrected chi connectivity index (χ2v) is 4.05. The van der Waals surface area contributed by atoms with Gasteiger partial charge in [0.15, 0.2) is 5.96 Å². The summed E-state index contributed by atoms with van der Waals surface area (Å²) in [5, 5.41) is 0. The molecule has 2 rings (SSSR count). The first-order valence-electron chi connectivity index (χ1n) is 5.30. The standard InChI is InChI=1S/C11H12F3N3O.HI/c12-11(13,14)18-9-4-2-1-3-6(9)7-5-8(7)17-10(15)16;/h1-4,7-8H,5H2,(H4,15,16,17);1H. The van der Waals surface area contributed by atoms with E-state index in [4.69, 9.17) is 11.5 Å². The Kier molecular flexibility index (Phi) is 4.88. The van der Waals surface area contributed by atoms with Crippen molar-refractivity contribution in [2.24, 2.45) is 16.5 Å². The van der Waals surface area contributed by atoms with E-state index in [-0.39, 0.29) is 47.6 Å². The molecule has 19 heavy (non-hydrogen) atoms.